The van der Waals surface area contributed by atoms with Gasteiger partial charge in [-0.25, -0.2) is 0 Å². The van der Waals surface area contributed by atoms with Crippen molar-refractivity contribution in [2.24, 2.45) is 5.41 Å². The molecule has 19 heavy (non-hydrogen) atoms. The van der Waals surface area contributed by atoms with Crippen molar-refractivity contribution in [1.82, 2.24) is 5.32 Å². The van der Waals surface area contributed by atoms with Crippen LogP contribution in [0.25, 0.3) is 0 Å². The average molecular weight is 271 g/mol. The molecule has 1 rings (SSSR count). The van der Waals surface area contributed by atoms with Crippen LogP contribution in [0.2, 0.25) is 0 Å². The van der Waals surface area contributed by atoms with E-state index in [0.29, 0.717) is 25.7 Å². The van der Waals surface area contributed by atoms with Crippen LogP contribution in [0.4, 0.5) is 0 Å². The topological polar surface area (TPSA) is 86.6 Å². The fourth-order valence-corrected chi connectivity index (χ4v) is 2.72. The summed E-state index contributed by atoms with van der Waals surface area (Å²) in [6.07, 6.45) is 4.21. The average Bonchev–Trinajstić information content (AvgIpc) is 2.81. The van der Waals surface area contributed by atoms with Gasteiger partial charge in [0.25, 0.3) is 0 Å². The third-order valence-corrected chi connectivity index (χ3v) is 4.46. The molecule has 1 amide bonds. The lowest BCUT2D eigenvalue weighted by molar-refractivity contribution is -0.152. The first-order valence-electron chi connectivity index (χ1n) is 7.10. The molecular weight excluding hydrogens is 246 g/mol. The second-order valence-corrected chi connectivity index (χ2v) is 5.68. The fourth-order valence-electron chi connectivity index (χ4n) is 2.72. The quantitative estimate of drug-likeness (QED) is 0.657. The van der Waals surface area contributed by atoms with Gasteiger partial charge in [0.05, 0.1) is 11.0 Å². The molecule has 5 nitrogen and oxygen atoms in total. The Labute approximate surface area is 114 Å². The third kappa shape index (κ3) is 3.93. The molecule has 0 spiro atoms. The molecule has 0 aromatic carbocycles. The standard InChI is InChI=1S/C14H25NO4/c1-3-13(4-2,12(17)18)9-11(16)15-10-14(19)7-5-6-8-14/h19H,3-10H2,1-2H3,(H,15,16)(H,17,18). The minimum atomic E-state index is -0.984. The van der Waals surface area contributed by atoms with E-state index in [1.807, 2.05) is 0 Å². The Hall–Kier alpha value is -1.10. The first kappa shape index (κ1) is 16.0. The summed E-state index contributed by atoms with van der Waals surface area (Å²) >= 11 is 0. The monoisotopic (exact) mass is 271 g/mol. The molecule has 1 aliphatic rings. The van der Waals surface area contributed by atoms with E-state index in [2.05, 4.69) is 5.32 Å². The van der Waals surface area contributed by atoms with Crippen molar-refractivity contribution >= 4 is 11.9 Å². The van der Waals surface area contributed by atoms with E-state index in [1.54, 1.807) is 13.8 Å². The Morgan fingerprint density at radius 1 is 1.21 bits per heavy atom. The van der Waals surface area contributed by atoms with Crippen molar-refractivity contribution in [1.29, 1.82) is 0 Å². The Balaban J connectivity index is 2.51. The Morgan fingerprint density at radius 2 is 1.74 bits per heavy atom. The molecule has 0 aromatic heterocycles. The summed E-state index contributed by atoms with van der Waals surface area (Å²) in [6, 6.07) is 0. The highest BCUT2D eigenvalue weighted by Gasteiger charge is 2.38. The molecular formula is C14H25NO4. The molecule has 1 saturated carbocycles. The summed E-state index contributed by atoms with van der Waals surface area (Å²) in [5.74, 6) is -1.21. The summed E-state index contributed by atoms with van der Waals surface area (Å²) in [7, 11) is 0. The number of rotatable bonds is 7. The molecule has 0 atom stereocenters. The minimum Gasteiger partial charge on any atom is -0.481 e. The maximum atomic E-state index is 11.9. The zero-order valence-corrected chi connectivity index (χ0v) is 11.9. The molecule has 3 N–H and O–H groups in total. The van der Waals surface area contributed by atoms with Gasteiger partial charge in [0.15, 0.2) is 0 Å². The second kappa shape index (κ2) is 6.37. The van der Waals surface area contributed by atoms with E-state index >= 15 is 0 Å². The van der Waals surface area contributed by atoms with E-state index in [1.165, 1.54) is 0 Å². The third-order valence-electron chi connectivity index (χ3n) is 4.46. The van der Waals surface area contributed by atoms with E-state index in [-0.39, 0.29) is 18.9 Å². The van der Waals surface area contributed by atoms with Crippen LogP contribution in [0, 0.1) is 5.41 Å². The van der Waals surface area contributed by atoms with Gasteiger partial charge in [-0.2, -0.15) is 0 Å². The van der Waals surface area contributed by atoms with Gasteiger partial charge < -0.3 is 15.5 Å². The van der Waals surface area contributed by atoms with Crippen molar-refractivity contribution in [3.63, 3.8) is 0 Å². The number of amides is 1. The van der Waals surface area contributed by atoms with E-state index in [9.17, 15) is 19.8 Å². The zero-order chi connectivity index (χ0) is 14.5. The number of nitrogens with one attached hydrogen (secondary N) is 1. The van der Waals surface area contributed by atoms with Crippen LogP contribution in [-0.4, -0.2) is 34.2 Å². The number of aliphatic carboxylic acids is 1. The molecule has 5 heteroatoms. The van der Waals surface area contributed by atoms with Gasteiger partial charge in [-0.15, -0.1) is 0 Å². The highest BCUT2D eigenvalue weighted by molar-refractivity contribution is 5.84. The van der Waals surface area contributed by atoms with E-state index < -0.39 is 17.0 Å². The highest BCUT2D eigenvalue weighted by atomic mass is 16.4. The lowest BCUT2D eigenvalue weighted by atomic mass is 9.79. The van der Waals surface area contributed by atoms with Crippen molar-refractivity contribution < 1.29 is 19.8 Å². The molecule has 0 aromatic rings. The molecule has 0 heterocycles. The molecule has 0 saturated heterocycles. The van der Waals surface area contributed by atoms with Crippen LogP contribution in [0.15, 0.2) is 0 Å². The van der Waals surface area contributed by atoms with Gasteiger partial charge in [0, 0.05) is 13.0 Å². The molecule has 0 aliphatic heterocycles. The molecule has 110 valence electrons. The van der Waals surface area contributed by atoms with E-state index in [0.717, 1.165) is 12.8 Å². The molecule has 0 unspecified atom stereocenters. The second-order valence-electron chi connectivity index (χ2n) is 5.68. The van der Waals surface area contributed by atoms with Crippen LogP contribution in [0.3, 0.4) is 0 Å². The molecule has 0 radical (unpaired) electrons. The van der Waals surface area contributed by atoms with Crippen LogP contribution < -0.4 is 5.32 Å². The predicted molar refractivity (Wildman–Crippen MR) is 71.7 cm³/mol. The smallest absolute Gasteiger partial charge is 0.310 e. The van der Waals surface area contributed by atoms with Crippen molar-refractivity contribution in [2.45, 2.75) is 64.4 Å². The Bertz CT molecular complexity index is 330. The lowest BCUT2D eigenvalue weighted by Gasteiger charge is -2.27. The van der Waals surface area contributed by atoms with Gasteiger partial charge in [-0.05, 0) is 25.7 Å². The van der Waals surface area contributed by atoms with Gasteiger partial charge in [0.2, 0.25) is 5.91 Å². The number of carboxylic acids is 1. The molecule has 1 fully saturated rings. The number of hydrogen-bond acceptors (Lipinski definition) is 3. The van der Waals surface area contributed by atoms with Crippen LogP contribution in [-0.2, 0) is 9.59 Å². The summed E-state index contributed by atoms with van der Waals surface area (Å²) in [6.45, 7) is 3.81. The summed E-state index contributed by atoms with van der Waals surface area (Å²) < 4.78 is 0. The number of aliphatic hydroxyl groups is 1. The first-order valence-corrected chi connectivity index (χ1v) is 7.10. The van der Waals surface area contributed by atoms with Crippen LogP contribution in [0.5, 0.6) is 0 Å². The normalized spacial score (nSPS) is 18.3. The highest BCUT2D eigenvalue weighted by Crippen LogP contribution is 2.31. The first-order chi connectivity index (χ1) is 8.87. The van der Waals surface area contributed by atoms with Crippen LogP contribution in [0.1, 0.15) is 58.8 Å². The largest absolute Gasteiger partial charge is 0.481 e. The minimum absolute atomic E-state index is 0.0224. The molecule has 1 aliphatic carbocycles. The van der Waals surface area contributed by atoms with Crippen molar-refractivity contribution in [2.75, 3.05) is 6.54 Å². The van der Waals surface area contributed by atoms with Gasteiger partial charge >= 0.3 is 5.97 Å². The number of carboxylic acid groups (broad SMARTS) is 1. The van der Waals surface area contributed by atoms with Crippen LogP contribution >= 0.6 is 0 Å². The van der Waals surface area contributed by atoms with Gasteiger partial charge in [-0.3, -0.25) is 9.59 Å². The number of hydrogen-bond donors (Lipinski definition) is 3. The van der Waals surface area contributed by atoms with Gasteiger partial charge in [-0.1, -0.05) is 26.7 Å². The zero-order valence-electron chi connectivity index (χ0n) is 11.9. The van der Waals surface area contributed by atoms with Gasteiger partial charge in [0.1, 0.15) is 0 Å². The van der Waals surface area contributed by atoms with Crippen molar-refractivity contribution in [3.8, 4) is 0 Å². The maximum Gasteiger partial charge on any atom is 0.310 e. The SMILES string of the molecule is CCC(CC)(CC(=O)NCC1(O)CCCC1)C(=O)O. The molecule has 0 bridgehead atoms. The predicted octanol–water partition coefficient (Wildman–Crippen LogP) is 1.69. The Morgan fingerprint density at radius 3 is 2.16 bits per heavy atom. The summed E-state index contributed by atoms with van der Waals surface area (Å²) in [4.78, 5) is 23.2. The summed E-state index contributed by atoms with van der Waals surface area (Å²) in [5, 5.41) is 22.1. The number of carbonyl (C=O) groups is 2. The number of carbonyl (C=O) groups excluding carboxylic acids is 1. The van der Waals surface area contributed by atoms with Crippen molar-refractivity contribution in [3.05, 3.63) is 0 Å². The van der Waals surface area contributed by atoms with E-state index in [4.69, 9.17) is 0 Å². The fraction of sp³-hybridized carbons (Fsp3) is 0.857. The summed E-state index contributed by atoms with van der Waals surface area (Å²) in [5.41, 5.74) is -1.78. The lowest BCUT2D eigenvalue weighted by Crippen LogP contribution is -2.43. The Kier molecular flexibility index (Phi) is 5.35. The maximum absolute atomic E-state index is 11.9.